The number of carbonyl (C=O) groups is 1. The first-order chi connectivity index (χ1) is 9.04. The zero-order chi connectivity index (χ0) is 14.0. The first-order valence-electron chi connectivity index (χ1n) is 6.19. The fourth-order valence-electron chi connectivity index (χ4n) is 2.02. The fourth-order valence-corrected chi connectivity index (χ4v) is 2.02. The van der Waals surface area contributed by atoms with Crippen molar-refractivity contribution in [2.45, 2.75) is 32.2 Å². The number of aromatic nitrogens is 1. The molecular weight excluding hydrogens is 250 g/mol. The van der Waals surface area contributed by atoms with E-state index in [-0.39, 0.29) is 11.3 Å². The summed E-state index contributed by atoms with van der Waals surface area (Å²) in [5.74, 6) is -0.851. The molecule has 1 aromatic heterocycles. The smallest absolute Gasteiger partial charge is 0.339 e. The number of rotatable bonds is 6. The summed E-state index contributed by atoms with van der Waals surface area (Å²) in [6.45, 7) is 2.71. The van der Waals surface area contributed by atoms with Crippen molar-refractivity contribution in [3.05, 3.63) is 27.9 Å². The highest BCUT2D eigenvalue weighted by Gasteiger charge is 2.32. The van der Waals surface area contributed by atoms with Gasteiger partial charge in [-0.3, -0.25) is 10.1 Å². The van der Waals surface area contributed by atoms with Gasteiger partial charge in [-0.2, -0.15) is 0 Å². The van der Waals surface area contributed by atoms with Crippen LogP contribution in [0.5, 0.6) is 0 Å². The van der Waals surface area contributed by atoms with Gasteiger partial charge in [-0.05, 0) is 19.3 Å². The number of hydrogen-bond donors (Lipinski definition) is 1. The first-order valence-corrected chi connectivity index (χ1v) is 6.19. The number of aromatic carboxylic acids is 1. The van der Waals surface area contributed by atoms with Crippen molar-refractivity contribution in [1.82, 2.24) is 4.98 Å². The van der Waals surface area contributed by atoms with Gasteiger partial charge >= 0.3 is 5.97 Å². The maximum atomic E-state index is 11.3. The van der Waals surface area contributed by atoms with E-state index in [4.69, 9.17) is 0 Å². The van der Waals surface area contributed by atoms with Gasteiger partial charge in [-0.15, -0.1) is 0 Å². The van der Waals surface area contributed by atoms with Crippen molar-refractivity contribution in [2.75, 3.05) is 11.4 Å². The van der Waals surface area contributed by atoms with Crippen molar-refractivity contribution in [2.24, 2.45) is 0 Å². The monoisotopic (exact) mass is 265 g/mol. The lowest BCUT2D eigenvalue weighted by Gasteiger charge is -2.24. The average molecular weight is 265 g/mol. The van der Waals surface area contributed by atoms with Crippen molar-refractivity contribution in [3.63, 3.8) is 0 Å². The average Bonchev–Trinajstić information content (AvgIpc) is 3.19. The molecule has 7 heteroatoms. The summed E-state index contributed by atoms with van der Waals surface area (Å²) < 4.78 is 0. The van der Waals surface area contributed by atoms with E-state index in [1.807, 2.05) is 11.8 Å². The highest BCUT2D eigenvalue weighted by molar-refractivity contribution is 5.94. The van der Waals surface area contributed by atoms with Crippen LogP contribution in [0.2, 0.25) is 0 Å². The zero-order valence-electron chi connectivity index (χ0n) is 10.6. The van der Waals surface area contributed by atoms with E-state index in [2.05, 4.69) is 4.98 Å². The van der Waals surface area contributed by atoms with Gasteiger partial charge in [-0.25, -0.2) is 9.78 Å². The largest absolute Gasteiger partial charge is 0.478 e. The Kier molecular flexibility index (Phi) is 3.64. The highest BCUT2D eigenvalue weighted by atomic mass is 16.6. The molecule has 0 atom stereocenters. The third kappa shape index (κ3) is 2.81. The minimum Gasteiger partial charge on any atom is -0.478 e. The van der Waals surface area contributed by atoms with Crippen molar-refractivity contribution in [1.29, 1.82) is 0 Å². The fraction of sp³-hybridized carbons (Fsp3) is 0.500. The Bertz CT molecular complexity index is 514. The molecule has 1 fully saturated rings. The van der Waals surface area contributed by atoms with Crippen LogP contribution in [0.4, 0.5) is 11.5 Å². The van der Waals surface area contributed by atoms with Crippen LogP contribution in [0.25, 0.3) is 0 Å². The SMILES string of the molecule is CCCN(c1ncc([N+](=O)[O-])cc1C(=O)O)C1CC1. The number of hydrogen-bond acceptors (Lipinski definition) is 5. The molecular formula is C12H15N3O4. The summed E-state index contributed by atoms with van der Waals surface area (Å²) in [5.41, 5.74) is -0.400. The molecule has 1 heterocycles. The second kappa shape index (κ2) is 5.21. The summed E-state index contributed by atoms with van der Waals surface area (Å²) in [4.78, 5) is 27.3. The molecule has 1 saturated carbocycles. The molecule has 19 heavy (non-hydrogen) atoms. The zero-order valence-corrected chi connectivity index (χ0v) is 10.6. The highest BCUT2D eigenvalue weighted by Crippen LogP contribution is 2.33. The van der Waals surface area contributed by atoms with Crippen LogP contribution in [0.3, 0.4) is 0 Å². The molecule has 1 aliphatic carbocycles. The predicted octanol–water partition coefficient (Wildman–Crippen LogP) is 2.07. The van der Waals surface area contributed by atoms with E-state index in [1.165, 1.54) is 0 Å². The molecule has 0 unspecified atom stereocenters. The van der Waals surface area contributed by atoms with Crippen LogP contribution in [0, 0.1) is 10.1 Å². The van der Waals surface area contributed by atoms with Gasteiger partial charge in [0.15, 0.2) is 0 Å². The van der Waals surface area contributed by atoms with E-state index >= 15 is 0 Å². The molecule has 0 amide bonds. The van der Waals surface area contributed by atoms with E-state index in [0.717, 1.165) is 31.5 Å². The second-order valence-corrected chi connectivity index (χ2v) is 4.55. The van der Waals surface area contributed by atoms with Crippen LogP contribution in [-0.2, 0) is 0 Å². The maximum absolute atomic E-state index is 11.3. The molecule has 1 aliphatic rings. The van der Waals surface area contributed by atoms with E-state index < -0.39 is 10.9 Å². The molecule has 0 saturated heterocycles. The summed E-state index contributed by atoms with van der Waals surface area (Å²) in [5, 5.41) is 19.9. The van der Waals surface area contributed by atoms with Crippen LogP contribution in [0.1, 0.15) is 36.5 Å². The third-order valence-electron chi connectivity index (χ3n) is 3.02. The summed E-state index contributed by atoms with van der Waals surface area (Å²) in [6, 6.07) is 1.39. The minimum absolute atomic E-state index is 0.102. The molecule has 2 rings (SSSR count). The summed E-state index contributed by atoms with van der Waals surface area (Å²) in [6.07, 6.45) is 4.01. The van der Waals surface area contributed by atoms with Crippen LogP contribution < -0.4 is 4.90 Å². The lowest BCUT2D eigenvalue weighted by atomic mass is 10.2. The molecule has 0 spiro atoms. The number of carboxylic acid groups (broad SMARTS) is 1. The number of anilines is 1. The van der Waals surface area contributed by atoms with Gasteiger partial charge in [0.05, 0.1) is 4.92 Å². The summed E-state index contributed by atoms with van der Waals surface area (Å²) in [7, 11) is 0. The van der Waals surface area contributed by atoms with Gasteiger partial charge in [0.25, 0.3) is 5.69 Å². The third-order valence-corrected chi connectivity index (χ3v) is 3.02. The maximum Gasteiger partial charge on any atom is 0.339 e. The second-order valence-electron chi connectivity index (χ2n) is 4.55. The first kappa shape index (κ1) is 13.3. The number of nitro groups is 1. The van der Waals surface area contributed by atoms with Gasteiger partial charge in [-0.1, -0.05) is 6.92 Å². The van der Waals surface area contributed by atoms with Crippen LogP contribution >= 0.6 is 0 Å². The Morgan fingerprint density at radius 1 is 1.63 bits per heavy atom. The van der Waals surface area contributed by atoms with Crippen molar-refractivity contribution in [3.8, 4) is 0 Å². The van der Waals surface area contributed by atoms with Gasteiger partial charge in [0, 0.05) is 18.7 Å². The Hall–Kier alpha value is -2.18. The van der Waals surface area contributed by atoms with Gasteiger partial charge < -0.3 is 10.0 Å². The lowest BCUT2D eigenvalue weighted by Crippen LogP contribution is -2.29. The van der Waals surface area contributed by atoms with Gasteiger partial charge in [0.2, 0.25) is 0 Å². The topological polar surface area (TPSA) is 96.6 Å². The molecule has 0 bridgehead atoms. The minimum atomic E-state index is -1.19. The van der Waals surface area contributed by atoms with Crippen LogP contribution in [-0.4, -0.2) is 33.6 Å². The Balaban J connectivity index is 2.42. The molecule has 0 aromatic carbocycles. The molecule has 1 aromatic rings. The lowest BCUT2D eigenvalue weighted by molar-refractivity contribution is -0.385. The Morgan fingerprint density at radius 2 is 2.32 bits per heavy atom. The van der Waals surface area contributed by atoms with Crippen molar-refractivity contribution < 1.29 is 14.8 Å². The predicted molar refractivity (Wildman–Crippen MR) is 68.5 cm³/mol. The summed E-state index contributed by atoms with van der Waals surface area (Å²) >= 11 is 0. The van der Waals surface area contributed by atoms with Crippen LogP contribution in [0.15, 0.2) is 12.3 Å². The molecule has 7 nitrogen and oxygen atoms in total. The van der Waals surface area contributed by atoms with E-state index in [0.29, 0.717) is 18.4 Å². The van der Waals surface area contributed by atoms with E-state index in [9.17, 15) is 20.0 Å². The standard InChI is InChI=1S/C12H15N3O4/c1-2-5-14(8-3-4-8)11-10(12(16)17)6-9(7-13-11)15(18)19/h6-8H,2-5H2,1H3,(H,16,17). The Morgan fingerprint density at radius 3 is 2.79 bits per heavy atom. The normalized spacial score (nSPS) is 14.2. The van der Waals surface area contributed by atoms with Crippen molar-refractivity contribution >= 4 is 17.5 Å². The number of pyridine rings is 1. The Labute approximate surface area is 110 Å². The molecule has 0 aliphatic heterocycles. The van der Waals surface area contributed by atoms with Gasteiger partial charge in [0.1, 0.15) is 17.6 Å². The molecule has 1 N–H and O–H groups in total. The van der Waals surface area contributed by atoms with E-state index in [1.54, 1.807) is 0 Å². The quantitative estimate of drug-likeness (QED) is 0.624. The molecule has 102 valence electrons. The number of carboxylic acids is 1. The number of nitrogens with zero attached hydrogens (tertiary/aromatic N) is 3. The molecule has 0 radical (unpaired) electrons.